The molecule has 0 aliphatic rings. The van der Waals surface area contributed by atoms with Crippen LogP contribution in [0.25, 0.3) is 10.9 Å². The third-order valence-electron chi connectivity index (χ3n) is 4.43. The van der Waals surface area contributed by atoms with Crippen molar-refractivity contribution in [2.45, 2.75) is 43.8 Å². The van der Waals surface area contributed by atoms with Crippen LogP contribution >= 0.6 is 0 Å². The van der Waals surface area contributed by atoms with Crippen LogP contribution in [-0.2, 0) is 10.0 Å². The van der Waals surface area contributed by atoms with Gasteiger partial charge < -0.3 is 4.23 Å². The van der Waals surface area contributed by atoms with Crippen LogP contribution < -0.4 is 5.14 Å². The van der Waals surface area contributed by atoms with Crippen molar-refractivity contribution in [3.8, 4) is 0 Å². The van der Waals surface area contributed by atoms with Crippen LogP contribution in [-0.4, -0.2) is 20.9 Å². The molecule has 0 saturated heterocycles. The fourth-order valence-corrected chi connectivity index (χ4v) is 4.67. The van der Waals surface area contributed by atoms with Gasteiger partial charge in [0.1, 0.15) is 0 Å². The summed E-state index contributed by atoms with van der Waals surface area (Å²) in [6.45, 7) is 11.4. The Balaban J connectivity index is 2.66. The van der Waals surface area contributed by atoms with Crippen LogP contribution in [0.1, 0.15) is 20.8 Å². The van der Waals surface area contributed by atoms with Crippen LogP contribution in [0.5, 0.6) is 0 Å². The topological polar surface area (TPSA) is 65.1 Å². The van der Waals surface area contributed by atoms with E-state index in [0.29, 0.717) is 0 Å². The first-order valence-electron chi connectivity index (χ1n) is 6.59. The predicted octanol–water partition coefficient (Wildman–Crippen LogP) is 3.14. The third-order valence-corrected chi connectivity index (χ3v) is 10.6. The number of primary sulfonamides is 1. The molecule has 2 rings (SSSR count). The summed E-state index contributed by atoms with van der Waals surface area (Å²) in [5, 5.41) is 6.31. The Labute approximate surface area is 121 Å². The van der Waals surface area contributed by atoms with E-state index in [9.17, 15) is 8.42 Å². The minimum atomic E-state index is -3.65. The zero-order valence-corrected chi connectivity index (χ0v) is 14.5. The van der Waals surface area contributed by atoms with E-state index in [2.05, 4.69) is 44.3 Å². The molecule has 0 spiro atoms. The van der Waals surface area contributed by atoms with Crippen molar-refractivity contribution < 1.29 is 8.42 Å². The van der Waals surface area contributed by atoms with Crippen molar-refractivity contribution in [1.82, 2.24) is 4.23 Å². The quantitative estimate of drug-likeness (QED) is 0.866. The zero-order valence-electron chi connectivity index (χ0n) is 12.6. The maximum atomic E-state index is 11.4. The number of hydrogen-bond acceptors (Lipinski definition) is 2. The molecule has 1 aromatic carbocycles. The number of benzene rings is 1. The van der Waals surface area contributed by atoms with Crippen molar-refractivity contribution in [3.63, 3.8) is 0 Å². The lowest BCUT2D eigenvalue weighted by molar-refractivity contribution is 0.598. The number of fused-ring (bicyclic) bond motifs is 1. The Hall–Kier alpha value is -1.11. The first kappa shape index (κ1) is 15.3. The van der Waals surface area contributed by atoms with Gasteiger partial charge in [0.25, 0.3) is 0 Å². The Morgan fingerprint density at radius 2 is 1.75 bits per heavy atom. The Morgan fingerprint density at radius 1 is 1.15 bits per heavy atom. The van der Waals surface area contributed by atoms with Gasteiger partial charge in [-0.25, -0.2) is 13.6 Å². The SMILES string of the molecule is CC(C)(C)[Si](C)(C)n1ccc2cc(S(N)(=O)=O)ccc21. The average molecular weight is 310 g/mol. The normalized spacial score (nSPS) is 13.9. The number of aromatic nitrogens is 1. The number of sulfonamides is 1. The Morgan fingerprint density at radius 3 is 2.25 bits per heavy atom. The lowest BCUT2D eigenvalue weighted by Crippen LogP contribution is -2.44. The van der Waals surface area contributed by atoms with Gasteiger partial charge in [-0.05, 0) is 35.5 Å². The van der Waals surface area contributed by atoms with E-state index in [1.807, 2.05) is 12.1 Å². The van der Waals surface area contributed by atoms with Gasteiger partial charge in [0, 0.05) is 10.9 Å². The molecule has 0 aliphatic carbocycles. The molecule has 0 unspecified atom stereocenters. The number of nitrogens with two attached hydrogens (primary N) is 1. The molecule has 0 aliphatic heterocycles. The second-order valence-corrected chi connectivity index (χ2v) is 13.4. The summed E-state index contributed by atoms with van der Waals surface area (Å²) in [5.74, 6) is 0. The standard InChI is InChI=1S/C14H22N2O2SSi/c1-14(2,3)20(4,5)16-9-8-11-10-12(19(15,17)18)6-7-13(11)16/h6-10H,1-5H3,(H2,15,17,18). The van der Waals surface area contributed by atoms with Gasteiger partial charge in [-0.3, -0.25) is 0 Å². The number of nitrogens with zero attached hydrogens (tertiary/aromatic N) is 1. The highest BCUT2D eigenvalue weighted by molar-refractivity contribution is 7.89. The summed E-state index contributed by atoms with van der Waals surface area (Å²) < 4.78 is 25.2. The van der Waals surface area contributed by atoms with Gasteiger partial charge >= 0.3 is 0 Å². The maximum Gasteiger partial charge on any atom is 0.238 e. The van der Waals surface area contributed by atoms with Crippen molar-refractivity contribution in [2.75, 3.05) is 0 Å². The van der Waals surface area contributed by atoms with Crippen LogP contribution in [0.2, 0.25) is 18.1 Å². The van der Waals surface area contributed by atoms with E-state index in [-0.39, 0.29) is 9.93 Å². The molecule has 0 bridgehead atoms. The second kappa shape index (κ2) is 4.44. The Bertz CT molecular complexity index is 755. The molecule has 2 N–H and O–H groups in total. The molecule has 6 heteroatoms. The summed E-state index contributed by atoms with van der Waals surface area (Å²) in [6, 6.07) is 7.05. The number of hydrogen-bond donors (Lipinski definition) is 1. The minimum absolute atomic E-state index is 0.165. The van der Waals surface area contributed by atoms with Gasteiger partial charge in [-0.15, -0.1) is 0 Å². The lowest BCUT2D eigenvalue weighted by Gasteiger charge is -2.38. The number of rotatable bonds is 2. The molecule has 0 atom stereocenters. The fourth-order valence-electron chi connectivity index (χ4n) is 2.15. The van der Waals surface area contributed by atoms with Gasteiger partial charge in [0.15, 0.2) is 8.24 Å². The largest absolute Gasteiger partial charge is 0.374 e. The Kier molecular flexibility index (Phi) is 3.39. The summed E-state index contributed by atoms with van der Waals surface area (Å²) >= 11 is 0. The molecule has 0 fully saturated rings. The molecule has 1 heterocycles. The molecule has 4 nitrogen and oxygen atoms in total. The van der Waals surface area contributed by atoms with Gasteiger partial charge in [0.05, 0.1) is 4.90 Å². The fraction of sp³-hybridized carbons (Fsp3) is 0.429. The smallest absolute Gasteiger partial charge is 0.238 e. The van der Waals surface area contributed by atoms with Gasteiger partial charge in [0.2, 0.25) is 10.0 Å². The summed E-state index contributed by atoms with van der Waals surface area (Å²) in [6.07, 6.45) is 2.06. The van der Waals surface area contributed by atoms with Gasteiger partial charge in [-0.2, -0.15) is 0 Å². The van der Waals surface area contributed by atoms with E-state index in [1.165, 1.54) is 0 Å². The van der Waals surface area contributed by atoms with E-state index in [0.717, 1.165) is 10.9 Å². The van der Waals surface area contributed by atoms with E-state index in [1.54, 1.807) is 12.1 Å². The predicted molar refractivity (Wildman–Crippen MR) is 85.9 cm³/mol. The first-order valence-corrected chi connectivity index (χ1v) is 11.1. The lowest BCUT2D eigenvalue weighted by atomic mass is 10.2. The molecule has 1 aromatic heterocycles. The highest BCUT2D eigenvalue weighted by atomic mass is 32.2. The second-order valence-electron chi connectivity index (χ2n) is 6.76. The van der Waals surface area contributed by atoms with Crippen LogP contribution in [0, 0.1) is 0 Å². The molecule has 20 heavy (non-hydrogen) atoms. The van der Waals surface area contributed by atoms with E-state index >= 15 is 0 Å². The van der Waals surface area contributed by atoms with E-state index in [4.69, 9.17) is 5.14 Å². The molecule has 110 valence electrons. The summed E-state index contributed by atoms with van der Waals surface area (Å²) in [4.78, 5) is 0.165. The summed E-state index contributed by atoms with van der Waals surface area (Å²) in [7, 11) is -5.37. The molecule has 0 saturated carbocycles. The van der Waals surface area contributed by atoms with E-state index < -0.39 is 18.3 Å². The zero-order chi connectivity index (χ0) is 15.3. The van der Waals surface area contributed by atoms with Gasteiger partial charge in [-0.1, -0.05) is 33.9 Å². The van der Waals surface area contributed by atoms with Crippen LogP contribution in [0.15, 0.2) is 35.4 Å². The van der Waals surface area contributed by atoms with Crippen molar-refractivity contribution in [3.05, 3.63) is 30.5 Å². The van der Waals surface area contributed by atoms with Crippen LogP contribution in [0.3, 0.4) is 0 Å². The third kappa shape index (κ3) is 2.43. The highest BCUT2D eigenvalue weighted by Gasteiger charge is 2.38. The summed E-state index contributed by atoms with van der Waals surface area (Å²) in [5.41, 5.74) is 1.07. The molecule has 2 aromatic rings. The molecule has 0 radical (unpaired) electrons. The van der Waals surface area contributed by atoms with Crippen molar-refractivity contribution >= 4 is 29.2 Å². The van der Waals surface area contributed by atoms with Crippen molar-refractivity contribution in [2.24, 2.45) is 5.14 Å². The average Bonchev–Trinajstić information content (AvgIpc) is 2.68. The van der Waals surface area contributed by atoms with Crippen molar-refractivity contribution in [1.29, 1.82) is 0 Å². The van der Waals surface area contributed by atoms with Crippen LogP contribution in [0.4, 0.5) is 0 Å². The minimum Gasteiger partial charge on any atom is -0.374 e. The highest BCUT2D eigenvalue weighted by Crippen LogP contribution is 2.38. The molecular formula is C14H22N2O2SSi. The molecular weight excluding hydrogens is 288 g/mol. The first-order chi connectivity index (χ1) is 8.94. The maximum absolute atomic E-state index is 11.4. The monoisotopic (exact) mass is 310 g/mol. The molecule has 0 amide bonds.